The second-order valence-electron chi connectivity index (χ2n) is 5.49. The van der Waals surface area contributed by atoms with Crippen LogP contribution < -0.4 is 10.2 Å². The van der Waals surface area contributed by atoms with E-state index >= 15 is 0 Å². The highest BCUT2D eigenvalue weighted by molar-refractivity contribution is 7.13. The Hall–Kier alpha value is -2.60. The van der Waals surface area contributed by atoms with E-state index in [1.54, 1.807) is 17.4 Å². The van der Waals surface area contributed by atoms with Gasteiger partial charge in [0, 0.05) is 25.5 Å². The molecule has 6 heteroatoms. The molecule has 118 valence electrons. The molecule has 0 aliphatic carbocycles. The summed E-state index contributed by atoms with van der Waals surface area (Å²) in [5.41, 5.74) is 4.22. The molecule has 0 spiro atoms. The van der Waals surface area contributed by atoms with Crippen LogP contribution in [0.3, 0.4) is 0 Å². The average Bonchev–Trinajstić information content (AvgIpc) is 3.18. The maximum absolute atomic E-state index is 12.3. The minimum Gasteiger partial charge on any atom is -0.377 e. The molecule has 23 heavy (non-hydrogen) atoms. The number of rotatable bonds is 4. The zero-order chi connectivity index (χ0) is 16.4. The highest BCUT2D eigenvalue weighted by Crippen LogP contribution is 2.24. The van der Waals surface area contributed by atoms with Gasteiger partial charge in [0.15, 0.2) is 5.69 Å². The molecule has 0 bridgehead atoms. The Morgan fingerprint density at radius 1 is 1.26 bits per heavy atom. The van der Waals surface area contributed by atoms with Crippen molar-refractivity contribution in [3.63, 3.8) is 0 Å². The molecule has 0 saturated carbocycles. The highest BCUT2D eigenvalue weighted by atomic mass is 32.1. The fraction of sp³-hybridized carbons (Fsp3) is 0.176. The predicted molar refractivity (Wildman–Crippen MR) is 95.4 cm³/mol. The van der Waals surface area contributed by atoms with Crippen LogP contribution in [0.25, 0.3) is 10.6 Å². The first kappa shape index (κ1) is 15.3. The maximum atomic E-state index is 12.3. The van der Waals surface area contributed by atoms with E-state index in [1.807, 2.05) is 61.6 Å². The Morgan fingerprint density at radius 3 is 2.74 bits per heavy atom. The number of anilines is 2. The van der Waals surface area contributed by atoms with Gasteiger partial charge in [0.05, 0.1) is 10.6 Å². The van der Waals surface area contributed by atoms with Crippen LogP contribution in [-0.2, 0) is 0 Å². The number of amides is 1. The minimum atomic E-state index is -0.221. The fourth-order valence-corrected chi connectivity index (χ4v) is 3.12. The third kappa shape index (κ3) is 3.27. The van der Waals surface area contributed by atoms with E-state index in [0.717, 1.165) is 27.5 Å². The van der Waals surface area contributed by atoms with Gasteiger partial charge in [-0.2, -0.15) is 5.10 Å². The Kier molecular flexibility index (Phi) is 4.16. The van der Waals surface area contributed by atoms with Gasteiger partial charge in [-0.05, 0) is 48.2 Å². The van der Waals surface area contributed by atoms with Gasteiger partial charge in [0.25, 0.3) is 5.91 Å². The summed E-state index contributed by atoms with van der Waals surface area (Å²) in [6.45, 7) is 2.02. The lowest BCUT2D eigenvalue weighted by Gasteiger charge is -2.16. The molecule has 0 aliphatic heterocycles. The Morgan fingerprint density at radius 2 is 2.09 bits per heavy atom. The lowest BCUT2D eigenvalue weighted by Crippen LogP contribution is -2.14. The van der Waals surface area contributed by atoms with Crippen LogP contribution in [-0.4, -0.2) is 30.2 Å². The summed E-state index contributed by atoms with van der Waals surface area (Å²) in [6.07, 6.45) is 0. The highest BCUT2D eigenvalue weighted by Gasteiger charge is 2.13. The number of nitrogens with one attached hydrogen (secondary N) is 2. The maximum Gasteiger partial charge on any atom is 0.276 e. The van der Waals surface area contributed by atoms with E-state index in [9.17, 15) is 4.79 Å². The Balaban J connectivity index is 1.76. The number of aromatic nitrogens is 2. The molecular formula is C17H18N4OS. The molecule has 2 aromatic heterocycles. The van der Waals surface area contributed by atoms with E-state index in [0.29, 0.717) is 5.69 Å². The van der Waals surface area contributed by atoms with Crippen molar-refractivity contribution in [1.82, 2.24) is 10.2 Å². The Bertz CT molecular complexity index is 821. The molecule has 0 radical (unpaired) electrons. The number of benzene rings is 1. The zero-order valence-electron chi connectivity index (χ0n) is 13.3. The second kappa shape index (κ2) is 6.26. The molecule has 1 aromatic carbocycles. The quantitative estimate of drug-likeness (QED) is 0.767. The normalized spacial score (nSPS) is 10.6. The van der Waals surface area contributed by atoms with Crippen LogP contribution >= 0.6 is 11.3 Å². The average molecular weight is 326 g/mol. The standard InChI is InChI=1S/C17H18N4OS/c1-11-9-12(6-7-15(11)21(2)3)18-17(22)14-10-13(19-20-14)16-5-4-8-23-16/h4-10H,1-3H3,(H,18,22)(H,19,20). The minimum absolute atomic E-state index is 0.221. The number of nitrogens with zero attached hydrogens (tertiary/aromatic N) is 2. The van der Waals surface area contributed by atoms with Gasteiger partial charge in [-0.15, -0.1) is 11.3 Å². The summed E-state index contributed by atoms with van der Waals surface area (Å²) in [5, 5.41) is 11.9. The topological polar surface area (TPSA) is 61.0 Å². The van der Waals surface area contributed by atoms with Gasteiger partial charge >= 0.3 is 0 Å². The van der Waals surface area contributed by atoms with Crippen LogP contribution in [0, 0.1) is 6.92 Å². The summed E-state index contributed by atoms with van der Waals surface area (Å²) in [5.74, 6) is -0.221. The third-order valence-electron chi connectivity index (χ3n) is 3.53. The fourth-order valence-electron chi connectivity index (χ4n) is 2.43. The number of hydrogen-bond acceptors (Lipinski definition) is 4. The van der Waals surface area contributed by atoms with Crippen molar-refractivity contribution in [2.75, 3.05) is 24.3 Å². The molecule has 3 aromatic rings. The number of H-pyrrole nitrogens is 1. The molecule has 0 saturated heterocycles. The summed E-state index contributed by atoms with van der Waals surface area (Å²) in [7, 11) is 3.99. The van der Waals surface area contributed by atoms with Gasteiger partial charge < -0.3 is 10.2 Å². The van der Waals surface area contributed by atoms with Gasteiger partial charge in [-0.1, -0.05) is 6.07 Å². The van der Waals surface area contributed by atoms with E-state index in [2.05, 4.69) is 15.5 Å². The summed E-state index contributed by atoms with van der Waals surface area (Å²) >= 11 is 1.60. The van der Waals surface area contributed by atoms with Crippen molar-refractivity contribution in [2.45, 2.75) is 6.92 Å². The van der Waals surface area contributed by atoms with Crippen molar-refractivity contribution in [2.24, 2.45) is 0 Å². The van der Waals surface area contributed by atoms with Crippen molar-refractivity contribution in [3.05, 3.63) is 53.0 Å². The Labute approximate surface area is 139 Å². The summed E-state index contributed by atoms with van der Waals surface area (Å²) in [4.78, 5) is 15.4. The predicted octanol–water partition coefficient (Wildman–Crippen LogP) is 3.76. The first-order valence-corrected chi connectivity index (χ1v) is 8.11. The van der Waals surface area contributed by atoms with Crippen LogP contribution in [0.2, 0.25) is 0 Å². The molecular weight excluding hydrogens is 308 g/mol. The van der Waals surface area contributed by atoms with Gasteiger partial charge in [-0.25, -0.2) is 0 Å². The first-order valence-electron chi connectivity index (χ1n) is 7.23. The molecule has 2 N–H and O–H groups in total. The van der Waals surface area contributed by atoms with Crippen molar-refractivity contribution >= 4 is 28.6 Å². The summed E-state index contributed by atoms with van der Waals surface area (Å²) in [6, 6.07) is 11.6. The number of carbonyl (C=O) groups excluding carboxylic acids is 1. The SMILES string of the molecule is Cc1cc(NC(=O)c2cc(-c3cccs3)[nH]n2)ccc1N(C)C. The van der Waals surface area contributed by atoms with E-state index in [-0.39, 0.29) is 5.91 Å². The molecule has 0 fully saturated rings. The molecule has 0 aliphatic rings. The van der Waals surface area contributed by atoms with Crippen LogP contribution in [0.5, 0.6) is 0 Å². The second-order valence-corrected chi connectivity index (χ2v) is 6.44. The molecule has 3 rings (SSSR count). The van der Waals surface area contributed by atoms with Crippen LogP contribution in [0.1, 0.15) is 16.1 Å². The molecule has 0 unspecified atom stereocenters. The molecule has 5 nitrogen and oxygen atoms in total. The van der Waals surface area contributed by atoms with Gasteiger partial charge in [0.1, 0.15) is 0 Å². The van der Waals surface area contributed by atoms with Gasteiger partial charge in [-0.3, -0.25) is 9.89 Å². The van der Waals surface area contributed by atoms with Crippen molar-refractivity contribution in [1.29, 1.82) is 0 Å². The number of aryl methyl sites for hydroxylation is 1. The monoisotopic (exact) mass is 326 g/mol. The molecule has 2 heterocycles. The molecule has 1 amide bonds. The van der Waals surface area contributed by atoms with E-state index in [4.69, 9.17) is 0 Å². The zero-order valence-corrected chi connectivity index (χ0v) is 14.1. The number of aromatic amines is 1. The third-order valence-corrected chi connectivity index (χ3v) is 4.44. The lowest BCUT2D eigenvalue weighted by molar-refractivity contribution is 0.102. The summed E-state index contributed by atoms with van der Waals surface area (Å²) < 4.78 is 0. The first-order chi connectivity index (χ1) is 11.0. The largest absolute Gasteiger partial charge is 0.377 e. The number of hydrogen-bond donors (Lipinski definition) is 2. The van der Waals surface area contributed by atoms with Crippen LogP contribution in [0.4, 0.5) is 11.4 Å². The molecule has 0 atom stereocenters. The number of thiophene rings is 1. The van der Waals surface area contributed by atoms with Crippen molar-refractivity contribution in [3.8, 4) is 10.6 Å². The lowest BCUT2D eigenvalue weighted by atomic mass is 10.1. The van der Waals surface area contributed by atoms with Crippen molar-refractivity contribution < 1.29 is 4.79 Å². The van der Waals surface area contributed by atoms with E-state index in [1.165, 1.54) is 0 Å². The van der Waals surface area contributed by atoms with Gasteiger partial charge in [0.2, 0.25) is 0 Å². The number of carbonyl (C=O) groups is 1. The smallest absolute Gasteiger partial charge is 0.276 e. The van der Waals surface area contributed by atoms with Crippen LogP contribution in [0.15, 0.2) is 41.8 Å². The van der Waals surface area contributed by atoms with E-state index < -0.39 is 0 Å².